The summed E-state index contributed by atoms with van der Waals surface area (Å²) in [5, 5.41) is 18.4. The number of halogens is 1. The molecule has 5 heteroatoms. The summed E-state index contributed by atoms with van der Waals surface area (Å²) in [5.74, 6) is 0.0288. The molecule has 0 saturated carbocycles. The standard InChI is InChI=1S/C14H17ClN2O2/c1-10(2)9-17(7-3-6-16)14(19)12-8-11(18)4-5-13(12)15/h4-5,8,10,18H,3,7,9H2,1-2H3. The molecule has 102 valence electrons. The van der Waals surface area contributed by atoms with Crippen molar-refractivity contribution in [1.82, 2.24) is 4.90 Å². The molecule has 1 rings (SSSR count). The van der Waals surface area contributed by atoms with E-state index in [9.17, 15) is 9.90 Å². The molecule has 0 bridgehead atoms. The van der Waals surface area contributed by atoms with E-state index in [1.54, 1.807) is 4.90 Å². The van der Waals surface area contributed by atoms with Gasteiger partial charge in [0.25, 0.3) is 5.91 Å². The molecular weight excluding hydrogens is 264 g/mol. The molecule has 19 heavy (non-hydrogen) atoms. The van der Waals surface area contributed by atoms with Gasteiger partial charge in [0.05, 0.1) is 23.1 Å². The fraction of sp³-hybridized carbons (Fsp3) is 0.429. The van der Waals surface area contributed by atoms with Crippen LogP contribution in [0.25, 0.3) is 0 Å². The van der Waals surface area contributed by atoms with E-state index < -0.39 is 0 Å². The number of nitrogens with zero attached hydrogens (tertiary/aromatic N) is 2. The van der Waals surface area contributed by atoms with E-state index in [2.05, 4.69) is 0 Å². The van der Waals surface area contributed by atoms with Gasteiger partial charge in [-0.25, -0.2) is 0 Å². The van der Waals surface area contributed by atoms with Crippen molar-refractivity contribution in [3.05, 3.63) is 28.8 Å². The molecule has 0 aliphatic rings. The third-order valence-electron chi connectivity index (χ3n) is 2.55. The Bertz CT molecular complexity index is 495. The van der Waals surface area contributed by atoms with Crippen molar-refractivity contribution in [3.63, 3.8) is 0 Å². The summed E-state index contributed by atoms with van der Waals surface area (Å²) in [4.78, 5) is 14.0. The fourth-order valence-electron chi connectivity index (χ4n) is 1.75. The zero-order valence-corrected chi connectivity index (χ0v) is 11.8. The lowest BCUT2D eigenvalue weighted by atomic mass is 10.1. The van der Waals surface area contributed by atoms with E-state index in [-0.39, 0.29) is 23.6 Å². The van der Waals surface area contributed by atoms with Crippen molar-refractivity contribution in [2.24, 2.45) is 5.92 Å². The van der Waals surface area contributed by atoms with Crippen LogP contribution in [-0.2, 0) is 0 Å². The Morgan fingerprint density at radius 3 is 2.79 bits per heavy atom. The second kappa shape index (κ2) is 7.01. The maximum atomic E-state index is 12.4. The summed E-state index contributed by atoms with van der Waals surface area (Å²) in [6.07, 6.45) is 0.273. The van der Waals surface area contributed by atoms with Crippen LogP contribution in [0.1, 0.15) is 30.6 Å². The van der Waals surface area contributed by atoms with E-state index in [1.807, 2.05) is 19.9 Å². The van der Waals surface area contributed by atoms with E-state index in [1.165, 1.54) is 18.2 Å². The molecule has 0 heterocycles. The van der Waals surface area contributed by atoms with Gasteiger partial charge in [-0.2, -0.15) is 5.26 Å². The summed E-state index contributed by atoms with van der Waals surface area (Å²) < 4.78 is 0. The van der Waals surface area contributed by atoms with E-state index in [0.717, 1.165) is 0 Å². The smallest absolute Gasteiger partial charge is 0.255 e. The van der Waals surface area contributed by atoms with E-state index in [0.29, 0.717) is 24.0 Å². The van der Waals surface area contributed by atoms with Crippen molar-refractivity contribution in [3.8, 4) is 11.8 Å². The number of rotatable bonds is 5. The summed E-state index contributed by atoms with van der Waals surface area (Å²) in [6.45, 7) is 4.90. The Labute approximate surface area is 118 Å². The molecule has 1 aromatic rings. The highest BCUT2D eigenvalue weighted by Crippen LogP contribution is 2.23. The monoisotopic (exact) mass is 280 g/mol. The lowest BCUT2D eigenvalue weighted by molar-refractivity contribution is 0.0739. The first-order valence-corrected chi connectivity index (χ1v) is 6.48. The second-order valence-electron chi connectivity index (χ2n) is 4.72. The first kappa shape index (κ1) is 15.3. The topological polar surface area (TPSA) is 64.3 Å². The van der Waals surface area contributed by atoms with Gasteiger partial charge in [0.2, 0.25) is 0 Å². The van der Waals surface area contributed by atoms with Gasteiger partial charge in [-0.3, -0.25) is 4.79 Å². The average Bonchev–Trinajstić information content (AvgIpc) is 2.36. The van der Waals surface area contributed by atoms with Gasteiger partial charge in [0.1, 0.15) is 5.75 Å². The van der Waals surface area contributed by atoms with Crippen LogP contribution in [-0.4, -0.2) is 29.0 Å². The molecule has 1 amide bonds. The minimum atomic E-state index is -0.259. The first-order chi connectivity index (χ1) is 8.95. The third-order valence-corrected chi connectivity index (χ3v) is 2.88. The van der Waals surface area contributed by atoms with Gasteiger partial charge in [0, 0.05) is 13.1 Å². The van der Waals surface area contributed by atoms with Crippen LogP contribution in [0, 0.1) is 17.2 Å². The number of aromatic hydroxyl groups is 1. The fourth-order valence-corrected chi connectivity index (χ4v) is 1.95. The molecule has 0 fully saturated rings. The molecular formula is C14H17ClN2O2. The zero-order valence-electron chi connectivity index (χ0n) is 11.1. The summed E-state index contributed by atoms with van der Waals surface area (Å²) in [7, 11) is 0. The number of carbonyl (C=O) groups excluding carboxylic acids is 1. The van der Waals surface area contributed by atoms with Crippen molar-refractivity contribution in [2.75, 3.05) is 13.1 Å². The minimum absolute atomic E-state index is 0.00229. The summed E-state index contributed by atoms with van der Waals surface area (Å²) in [5.41, 5.74) is 0.264. The molecule has 0 aliphatic carbocycles. The maximum Gasteiger partial charge on any atom is 0.255 e. The predicted molar refractivity (Wildman–Crippen MR) is 74.1 cm³/mol. The van der Waals surface area contributed by atoms with Crippen molar-refractivity contribution in [1.29, 1.82) is 5.26 Å². The largest absolute Gasteiger partial charge is 0.508 e. The van der Waals surface area contributed by atoms with Crippen molar-refractivity contribution >= 4 is 17.5 Å². The van der Waals surface area contributed by atoms with Crippen LogP contribution < -0.4 is 0 Å². The molecule has 1 N–H and O–H groups in total. The number of hydrogen-bond donors (Lipinski definition) is 1. The number of hydrogen-bond acceptors (Lipinski definition) is 3. The number of carbonyl (C=O) groups is 1. The molecule has 0 saturated heterocycles. The van der Waals surface area contributed by atoms with Gasteiger partial charge in [-0.05, 0) is 24.1 Å². The molecule has 0 aromatic heterocycles. The Balaban J connectivity index is 2.97. The van der Waals surface area contributed by atoms with Gasteiger partial charge in [-0.15, -0.1) is 0 Å². The molecule has 1 aromatic carbocycles. The Hall–Kier alpha value is -1.73. The molecule has 0 aliphatic heterocycles. The van der Waals surface area contributed by atoms with Gasteiger partial charge < -0.3 is 10.0 Å². The first-order valence-electron chi connectivity index (χ1n) is 6.10. The van der Waals surface area contributed by atoms with E-state index in [4.69, 9.17) is 16.9 Å². The van der Waals surface area contributed by atoms with Crippen molar-refractivity contribution < 1.29 is 9.90 Å². The molecule has 0 unspecified atom stereocenters. The predicted octanol–water partition coefficient (Wildman–Crippen LogP) is 3.06. The Morgan fingerprint density at radius 2 is 2.21 bits per heavy atom. The number of nitriles is 1. The number of amides is 1. The molecule has 0 spiro atoms. The van der Waals surface area contributed by atoms with Crippen LogP contribution >= 0.6 is 11.6 Å². The lowest BCUT2D eigenvalue weighted by Crippen LogP contribution is -2.35. The average molecular weight is 281 g/mol. The second-order valence-corrected chi connectivity index (χ2v) is 5.12. The lowest BCUT2D eigenvalue weighted by Gasteiger charge is -2.24. The molecule has 0 atom stereocenters. The highest BCUT2D eigenvalue weighted by Gasteiger charge is 2.19. The third kappa shape index (κ3) is 4.46. The Kier molecular flexibility index (Phi) is 5.65. The van der Waals surface area contributed by atoms with Crippen LogP contribution in [0.5, 0.6) is 5.75 Å². The van der Waals surface area contributed by atoms with E-state index >= 15 is 0 Å². The quantitative estimate of drug-likeness (QED) is 0.901. The zero-order chi connectivity index (χ0) is 14.4. The normalized spacial score (nSPS) is 10.3. The van der Waals surface area contributed by atoms with Crippen LogP contribution in [0.15, 0.2) is 18.2 Å². The number of benzene rings is 1. The van der Waals surface area contributed by atoms with Gasteiger partial charge in [-0.1, -0.05) is 25.4 Å². The van der Waals surface area contributed by atoms with Crippen LogP contribution in [0.2, 0.25) is 5.02 Å². The minimum Gasteiger partial charge on any atom is -0.508 e. The van der Waals surface area contributed by atoms with Crippen LogP contribution in [0.4, 0.5) is 0 Å². The number of phenols is 1. The molecule has 0 radical (unpaired) electrons. The van der Waals surface area contributed by atoms with Gasteiger partial charge in [0.15, 0.2) is 0 Å². The summed E-state index contributed by atoms with van der Waals surface area (Å²) >= 11 is 5.98. The SMILES string of the molecule is CC(C)CN(CCC#N)C(=O)c1cc(O)ccc1Cl. The van der Waals surface area contributed by atoms with Crippen LogP contribution in [0.3, 0.4) is 0 Å². The van der Waals surface area contributed by atoms with Gasteiger partial charge >= 0.3 is 0 Å². The Morgan fingerprint density at radius 1 is 1.53 bits per heavy atom. The number of phenolic OH excluding ortho intramolecular Hbond substituents is 1. The molecule has 4 nitrogen and oxygen atoms in total. The summed E-state index contributed by atoms with van der Waals surface area (Å²) in [6, 6.07) is 6.30. The maximum absolute atomic E-state index is 12.4. The highest BCUT2D eigenvalue weighted by molar-refractivity contribution is 6.33. The van der Waals surface area contributed by atoms with Crippen molar-refractivity contribution in [2.45, 2.75) is 20.3 Å². The highest BCUT2D eigenvalue weighted by atomic mass is 35.5.